The molecular formula is C26H30N6O2. The van der Waals surface area contributed by atoms with Crippen molar-refractivity contribution in [1.29, 1.82) is 0 Å². The molecule has 2 aromatic heterocycles. The van der Waals surface area contributed by atoms with E-state index in [1.807, 2.05) is 24.0 Å². The maximum atomic E-state index is 13.1. The van der Waals surface area contributed by atoms with E-state index in [4.69, 9.17) is 10.7 Å². The quantitative estimate of drug-likeness (QED) is 0.606. The van der Waals surface area contributed by atoms with E-state index in [1.54, 1.807) is 10.7 Å². The molecule has 3 aliphatic rings. The summed E-state index contributed by atoms with van der Waals surface area (Å²) in [7, 11) is 0. The van der Waals surface area contributed by atoms with Gasteiger partial charge in [0.25, 0.3) is 11.8 Å². The van der Waals surface area contributed by atoms with Crippen LogP contribution in [0.4, 0.5) is 5.82 Å². The van der Waals surface area contributed by atoms with Crippen molar-refractivity contribution in [2.75, 3.05) is 5.73 Å². The molecule has 1 aromatic carbocycles. The molecule has 3 heterocycles. The summed E-state index contributed by atoms with van der Waals surface area (Å²) in [5.41, 5.74) is 11.4. The molecule has 0 radical (unpaired) electrons. The van der Waals surface area contributed by atoms with Crippen LogP contribution in [0.1, 0.15) is 77.3 Å². The Hall–Kier alpha value is -3.42. The molecule has 1 atom stereocenters. The smallest absolute Gasteiger partial charge is 0.259 e. The molecule has 3 N–H and O–H groups in total. The Morgan fingerprint density at radius 3 is 2.71 bits per heavy atom. The number of fused-ring (bicyclic) bond motifs is 2. The van der Waals surface area contributed by atoms with Gasteiger partial charge in [-0.25, -0.2) is 9.50 Å². The highest BCUT2D eigenvalue weighted by molar-refractivity contribution is 6.04. The summed E-state index contributed by atoms with van der Waals surface area (Å²) in [5.74, 6) is 0.726. The summed E-state index contributed by atoms with van der Waals surface area (Å²) in [4.78, 5) is 33.0. The van der Waals surface area contributed by atoms with Crippen LogP contribution in [0.25, 0.3) is 16.9 Å². The van der Waals surface area contributed by atoms with Gasteiger partial charge >= 0.3 is 0 Å². The second-order valence-corrected chi connectivity index (χ2v) is 10.1. The van der Waals surface area contributed by atoms with E-state index in [2.05, 4.69) is 23.4 Å². The van der Waals surface area contributed by atoms with E-state index in [-0.39, 0.29) is 29.7 Å². The number of rotatable bonds is 5. The molecule has 2 fully saturated rings. The summed E-state index contributed by atoms with van der Waals surface area (Å²) in [6.45, 7) is 4.79. The van der Waals surface area contributed by atoms with Gasteiger partial charge in [0.15, 0.2) is 11.5 Å². The number of carbonyl (C=O) groups is 2. The predicted molar refractivity (Wildman–Crippen MR) is 129 cm³/mol. The molecule has 8 nitrogen and oxygen atoms in total. The van der Waals surface area contributed by atoms with Gasteiger partial charge in [0, 0.05) is 36.0 Å². The second kappa shape index (κ2) is 7.82. The Bertz CT molecular complexity index is 1320. The van der Waals surface area contributed by atoms with E-state index in [1.165, 1.54) is 12.8 Å². The Morgan fingerprint density at radius 1 is 1.21 bits per heavy atom. The number of amides is 2. The zero-order chi connectivity index (χ0) is 23.6. The Balaban J connectivity index is 1.35. The molecule has 0 bridgehead atoms. The van der Waals surface area contributed by atoms with Crippen molar-refractivity contribution in [3.63, 3.8) is 0 Å². The number of anilines is 1. The lowest BCUT2D eigenvalue weighted by Gasteiger charge is -2.24. The third-order valence-corrected chi connectivity index (χ3v) is 7.75. The van der Waals surface area contributed by atoms with E-state index in [0.717, 1.165) is 53.6 Å². The van der Waals surface area contributed by atoms with Gasteiger partial charge < -0.3 is 16.0 Å². The first-order chi connectivity index (χ1) is 16.4. The van der Waals surface area contributed by atoms with Gasteiger partial charge in [-0.15, -0.1) is 5.10 Å². The fourth-order valence-electron chi connectivity index (χ4n) is 5.65. The molecule has 3 aromatic rings. The molecule has 0 spiro atoms. The van der Waals surface area contributed by atoms with Crippen LogP contribution in [0.2, 0.25) is 0 Å². The molecule has 2 amide bonds. The molecule has 0 saturated heterocycles. The molecule has 176 valence electrons. The van der Waals surface area contributed by atoms with Crippen LogP contribution in [-0.4, -0.2) is 43.4 Å². The molecule has 1 aliphatic heterocycles. The third kappa shape index (κ3) is 3.43. The van der Waals surface area contributed by atoms with Crippen molar-refractivity contribution in [1.82, 2.24) is 24.8 Å². The normalized spacial score (nSPS) is 19.1. The fraction of sp³-hybridized carbons (Fsp3) is 0.462. The van der Waals surface area contributed by atoms with Gasteiger partial charge in [0.2, 0.25) is 0 Å². The van der Waals surface area contributed by atoms with Crippen molar-refractivity contribution < 1.29 is 9.59 Å². The average Bonchev–Trinajstić information content (AvgIpc) is 3.28. The van der Waals surface area contributed by atoms with Crippen LogP contribution in [0.15, 0.2) is 24.4 Å². The number of carbonyl (C=O) groups excluding carboxylic acids is 2. The minimum absolute atomic E-state index is 0.135. The van der Waals surface area contributed by atoms with Crippen LogP contribution in [-0.2, 0) is 6.54 Å². The number of nitrogens with two attached hydrogens (primary N) is 1. The van der Waals surface area contributed by atoms with Crippen LogP contribution >= 0.6 is 0 Å². The van der Waals surface area contributed by atoms with Crippen LogP contribution in [0.3, 0.4) is 0 Å². The topological polar surface area (TPSA) is 106 Å². The zero-order valence-corrected chi connectivity index (χ0v) is 19.7. The van der Waals surface area contributed by atoms with E-state index < -0.39 is 0 Å². The highest BCUT2D eigenvalue weighted by Gasteiger charge is 2.39. The van der Waals surface area contributed by atoms with Crippen LogP contribution < -0.4 is 11.1 Å². The monoisotopic (exact) mass is 458 g/mol. The van der Waals surface area contributed by atoms with E-state index in [0.29, 0.717) is 23.7 Å². The number of hydrogen-bond acceptors (Lipinski definition) is 5. The van der Waals surface area contributed by atoms with Crippen LogP contribution in [0.5, 0.6) is 0 Å². The molecule has 34 heavy (non-hydrogen) atoms. The largest absolute Gasteiger partial charge is 0.381 e. The molecule has 6 rings (SSSR count). The van der Waals surface area contributed by atoms with Gasteiger partial charge in [0.1, 0.15) is 5.56 Å². The van der Waals surface area contributed by atoms with Crippen molar-refractivity contribution in [3.05, 3.63) is 46.6 Å². The van der Waals surface area contributed by atoms with Crippen molar-refractivity contribution in [2.45, 2.75) is 71.0 Å². The standard InChI is InChI=1S/C26H30N6O2/c1-14-11-17(12-18-13-31(26(34)21(14)18)15(2)16-7-8-16)20-9-10-32-24(29-20)22(23(27)30-32)25(33)28-19-5-3-4-6-19/h9-12,15-16,19H,3-8,13H2,1-2H3,(H2,27,30)(H,28,33). The summed E-state index contributed by atoms with van der Waals surface area (Å²) < 4.78 is 1.56. The van der Waals surface area contributed by atoms with Gasteiger partial charge in [-0.1, -0.05) is 12.8 Å². The van der Waals surface area contributed by atoms with E-state index >= 15 is 0 Å². The van der Waals surface area contributed by atoms with Gasteiger partial charge in [0.05, 0.1) is 5.69 Å². The Labute approximate surface area is 198 Å². The predicted octanol–water partition coefficient (Wildman–Crippen LogP) is 3.71. The van der Waals surface area contributed by atoms with Crippen LogP contribution in [0, 0.1) is 12.8 Å². The lowest BCUT2D eigenvalue weighted by atomic mass is 9.98. The number of nitrogen functional groups attached to an aromatic ring is 1. The van der Waals surface area contributed by atoms with E-state index in [9.17, 15) is 9.59 Å². The maximum Gasteiger partial charge on any atom is 0.259 e. The number of nitrogens with one attached hydrogen (secondary N) is 1. The number of aryl methyl sites for hydroxylation is 1. The highest BCUT2D eigenvalue weighted by Crippen LogP contribution is 2.39. The minimum Gasteiger partial charge on any atom is -0.381 e. The first kappa shape index (κ1) is 21.1. The van der Waals surface area contributed by atoms with Crippen molar-refractivity contribution in [2.24, 2.45) is 5.92 Å². The lowest BCUT2D eigenvalue weighted by Crippen LogP contribution is -2.34. The summed E-state index contributed by atoms with van der Waals surface area (Å²) in [6, 6.07) is 6.41. The van der Waals surface area contributed by atoms with Crippen molar-refractivity contribution in [3.8, 4) is 11.3 Å². The summed E-state index contributed by atoms with van der Waals surface area (Å²) in [6.07, 6.45) is 8.46. The molecule has 2 saturated carbocycles. The summed E-state index contributed by atoms with van der Waals surface area (Å²) in [5, 5.41) is 7.40. The second-order valence-electron chi connectivity index (χ2n) is 10.1. The molecule has 1 unspecified atom stereocenters. The number of aromatic nitrogens is 3. The number of hydrogen-bond donors (Lipinski definition) is 2. The molecule has 2 aliphatic carbocycles. The number of nitrogens with zero attached hydrogens (tertiary/aromatic N) is 4. The zero-order valence-electron chi connectivity index (χ0n) is 19.7. The summed E-state index contributed by atoms with van der Waals surface area (Å²) >= 11 is 0. The Kier molecular flexibility index (Phi) is 4.86. The SMILES string of the molecule is Cc1cc(-c2ccn3nc(N)c(C(=O)NC4CCCC4)c3n2)cc2c1C(=O)N(C(C)C1CC1)C2. The Morgan fingerprint density at radius 2 is 1.97 bits per heavy atom. The lowest BCUT2D eigenvalue weighted by molar-refractivity contribution is 0.0696. The average molecular weight is 459 g/mol. The first-order valence-corrected chi connectivity index (χ1v) is 12.3. The minimum atomic E-state index is -0.218. The fourth-order valence-corrected chi connectivity index (χ4v) is 5.65. The number of benzene rings is 1. The molecular weight excluding hydrogens is 428 g/mol. The van der Waals surface area contributed by atoms with Gasteiger partial charge in [-0.2, -0.15) is 0 Å². The highest BCUT2D eigenvalue weighted by atomic mass is 16.2. The van der Waals surface area contributed by atoms with Gasteiger partial charge in [-0.3, -0.25) is 9.59 Å². The van der Waals surface area contributed by atoms with Gasteiger partial charge in [-0.05, 0) is 74.8 Å². The van der Waals surface area contributed by atoms with Crippen molar-refractivity contribution >= 4 is 23.3 Å². The first-order valence-electron chi connectivity index (χ1n) is 12.3. The molecule has 8 heteroatoms. The maximum absolute atomic E-state index is 13.1. The third-order valence-electron chi connectivity index (χ3n) is 7.75.